The Balaban J connectivity index is 2.36. The summed E-state index contributed by atoms with van der Waals surface area (Å²) >= 11 is 0. The molecule has 3 aromatic rings. The van der Waals surface area contributed by atoms with Gasteiger partial charge >= 0.3 is 5.97 Å². The molecule has 20 heavy (non-hydrogen) atoms. The molecule has 0 saturated heterocycles. The number of carboxylic acid groups (broad SMARTS) is 1. The van der Waals surface area contributed by atoms with Crippen LogP contribution in [-0.4, -0.2) is 35.6 Å². The van der Waals surface area contributed by atoms with Crippen molar-refractivity contribution in [2.24, 2.45) is 14.1 Å². The Hall–Kier alpha value is -2.70. The van der Waals surface area contributed by atoms with Crippen molar-refractivity contribution in [2.75, 3.05) is 0 Å². The molecule has 3 aromatic heterocycles. The number of fused-ring (bicyclic) bond motifs is 1. The van der Waals surface area contributed by atoms with Gasteiger partial charge in [-0.1, -0.05) is 0 Å². The Kier molecular flexibility index (Phi) is 2.56. The molecule has 0 aliphatic rings. The number of aromatic carboxylic acids is 1. The van der Waals surface area contributed by atoms with E-state index in [1.165, 1.54) is 0 Å². The molecule has 1 N–H and O–H groups in total. The summed E-state index contributed by atoms with van der Waals surface area (Å²) in [6, 6.07) is 1.57. The number of pyridine rings is 1. The lowest BCUT2D eigenvalue weighted by Crippen LogP contribution is -2.01. The summed E-state index contributed by atoms with van der Waals surface area (Å²) in [6.45, 7) is 1.78. The van der Waals surface area contributed by atoms with Crippen molar-refractivity contribution in [2.45, 2.75) is 6.92 Å². The predicted octanol–water partition coefficient (Wildman–Crippen LogP) is 1.38. The Morgan fingerprint density at radius 1 is 1.35 bits per heavy atom. The van der Waals surface area contributed by atoms with E-state index in [9.17, 15) is 9.90 Å². The molecular formula is C13H13N5O2. The summed E-state index contributed by atoms with van der Waals surface area (Å²) in [6.07, 6.45) is 3.45. The summed E-state index contributed by atoms with van der Waals surface area (Å²) in [5, 5.41) is 18.3. The van der Waals surface area contributed by atoms with Gasteiger partial charge in [-0.05, 0) is 13.0 Å². The van der Waals surface area contributed by atoms with E-state index in [1.54, 1.807) is 48.8 Å². The van der Waals surface area contributed by atoms with Crippen LogP contribution in [0.25, 0.3) is 22.3 Å². The second-order valence-electron chi connectivity index (χ2n) is 4.67. The second-order valence-corrected chi connectivity index (χ2v) is 4.67. The number of carboxylic acids is 1. The fourth-order valence-corrected chi connectivity index (χ4v) is 2.31. The van der Waals surface area contributed by atoms with Crippen molar-refractivity contribution in [3.8, 4) is 11.3 Å². The Labute approximate surface area is 114 Å². The normalized spacial score (nSPS) is 11.2. The average molecular weight is 271 g/mol. The maximum atomic E-state index is 11.5. The van der Waals surface area contributed by atoms with E-state index in [-0.39, 0.29) is 5.56 Å². The van der Waals surface area contributed by atoms with E-state index in [4.69, 9.17) is 0 Å². The van der Waals surface area contributed by atoms with Crippen LogP contribution in [0.15, 0.2) is 18.5 Å². The van der Waals surface area contributed by atoms with Crippen molar-refractivity contribution in [1.82, 2.24) is 24.5 Å². The SMILES string of the molecule is Cc1nn(C)c2nc(-c3cnn(C)c3)cc(C(=O)O)c12. The standard InChI is InChI=1S/C13H13N5O2/c1-7-11-9(13(19)20)4-10(8-5-14-17(2)6-8)15-12(11)18(3)16-7/h4-6H,1-3H3,(H,19,20). The van der Waals surface area contributed by atoms with Crippen molar-refractivity contribution < 1.29 is 9.90 Å². The number of hydrogen-bond donors (Lipinski definition) is 1. The predicted molar refractivity (Wildman–Crippen MR) is 72.4 cm³/mol. The van der Waals surface area contributed by atoms with Crippen LogP contribution in [0.1, 0.15) is 16.1 Å². The number of hydrogen-bond acceptors (Lipinski definition) is 4. The molecule has 0 radical (unpaired) electrons. The van der Waals surface area contributed by atoms with Crippen LogP contribution >= 0.6 is 0 Å². The topological polar surface area (TPSA) is 85.8 Å². The van der Waals surface area contributed by atoms with Crippen LogP contribution in [0.2, 0.25) is 0 Å². The first-order chi connectivity index (χ1) is 9.47. The highest BCUT2D eigenvalue weighted by molar-refractivity contribution is 6.04. The zero-order chi connectivity index (χ0) is 14.4. The molecule has 0 atom stereocenters. The minimum absolute atomic E-state index is 0.208. The van der Waals surface area contributed by atoms with Gasteiger partial charge in [0.25, 0.3) is 0 Å². The number of carbonyl (C=O) groups is 1. The van der Waals surface area contributed by atoms with Gasteiger partial charge in [-0.3, -0.25) is 9.36 Å². The van der Waals surface area contributed by atoms with E-state index in [0.29, 0.717) is 22.4 Å². The van der Waals surface area contributed by atoms with Gasteiger partial charge < -0.3 is 5.11 Å². The van der Waals surface area contributed by atoms with Crippen LogP contribution < -0.4 is 0 Å². The Bertz CT molecular complexity index is 831. The third kappa shape index (κ3) is 1.75. The largest absolute Gasteiger partial charge is 0.478 e. The first-order valence-electron chi connectivity index (χ1n) is 6.04. The third-order valence-corrected chi connectivity index (χ3v) is 3.20. The first kappa shape index (κ1) is 12.3. The zero-order valence-corrected chi connectivity index (χ0v) is 11.3. The van der Waals surface area contributed by atoms with Crippen LogP contribution in [0.3, 0.4) is 0 Å². The second kappa shape index (κ2) is 4.16. The first-order valence-corrected chi connectivity index (χ1v) is 6.04. The maximum absolute atomic E-state index is 11.5. The van der Waals surface area contributed by atoms with Gasteiger partial charge in [-0.15, -0.1) is 0 Å². The molecule has 0 fully saturated rings. The van der Waals surface area contributed by atoms with Crippen LogP contribution in [0.5, 0.6) is 0 Å². The monoisotopic (exact) mass is 271 g/mol. The van der Waals surface area contributed by atoms with E-state index >= 15 is 0 Å². The molecule has 3 heterocycles. The van der Waals surface area contributed by atoms with Gasteiger partial charge in [0.1, 0.15) is 0 Å². The molecular weight excluding hydrogens is 258 g/mol. The number of nitrogens with zero attached hydrogens (tertiary/aromatic N) is 5. The van der Waals surface area contributed by atoms with Crippen molar-refractivity contribution in [3.63, 3.8) is 0 Å². The summed E-state index contributed by atoms with van der Waals surface area (Å²) in [5.41, 5.74) is 2.77. The summed E-state index contributed by atoms with van der Waals surface area (Å²) in [4.78, 5) is 16.0. The van der Waals surface area contributed by atoms with E-state index in [1.807, 2.05) is 0 Å². The Morgan fingerprint density at radius 2 is 2.10 bits per heavy atom. The lowest BCUT2D eigenvalue weighted by atomic mass is 10.1. The van der Waals surface area contributed by atoms with E-state index in [2.05, 4.69) is 15.2 Å². The molecule has 7 nitrogen and oxygen atoms in total. The maximum Gasteiger partial charge on any atom is 0.336 e. The zero-order valence-electron chi connectivity index (χ0n) is 11.3. The molecule has 102 valence electrons. The fraction of sp³-hybridized carbons (Fsp3) is 0.231. The van der Waals surface area contributed by atoms with Gasteiger partial charge in [-0.2, -0.15) is 10.2 Å². The van der Waals surface area contributed by atoms with Gasteiger partial charge in [0.15, 0.2) is 5.65 Å². The van der Waals surface area contributed by atoms with E-state index < -0.39 is 5.97 Å². The smallest absolute Gasteiger partial charge is 0.336 e. The van der Waals surface area contributed by atoms with Crippen molar-refractivity contribution in [1.29, 1.82) is 0 Å². The number of aryl methyl sites for hydroxylation is 3. The van der Waals surface area contributed by atoms with Crippen LogP contribution in [-0.2, 0) is 14.1 Å². The molecule has 0 spiro atoms. The minimum Gasteiger partial charge on any atom is -0.478 e. The molecule has 0 aromatic carbocycles. The molecule has 0 bridgehead atoms. The van der Waals surface area contributed by atoms with Crippen LogP contribution in [0, 0.1) is 6.92 Å². The molecule has 0 aliphatic carbocycles. The highest BCUT2D eigenvalue weighted by atomic mass is 16.4. The highest BCUT2D eigenvalue weighted by Gasteiger charge is 2.18. The molecule has 0 saturated carbocycles. The molecule has 0 amide bonds. The van der Waals surface area contributed by atoms with E-state index in [0.717, 1.165) is 5.56 Å². The Morgan fingerprint density at radius 3 is 2.70 bits per heavy atom. The van der Waals surface area contributed by atoms with Crippen LogP contribution in [0.4, 0.5) is 0 Å². The number of rotatable bonds is 2. The van der Waals surface area contributed by atoms with Gasteiger partial charge in [0.05, 0.1) is 28.5 Å². The quantitative estimate of drug-likeness (QED) is 0.761. The molecule has 7 heteroatoms. The average Bonchev–Trinajstić information content (AvgIpc) is 2.94. The third-order valence-electron chi connectivity index (χ3n) is 3.20. The summed E-state index contributed by atoms with van der Waals surface area (Å²) < 4.78 is 3.24. The summed E-state index contributed by atoms with van der Waals surface area (Å²) in [7, 11) is 3.55. The fourth-order valence-electron chi connectivity index (χ4n) is 2.31. The lowest BCUT2D eigenvalue weighted by molar-refractivity contribution is 0.0699. The highest BCUT2D eigenvalue weighted by Crippen LogP contribution is 2.26. The van der Waals surface area contributed by atoms with Gasteiger partial charge in [0, 0.05) is 25.9 Å². The van der Waals surface area contributed by atoms with Gasteiger partial charge in [-0.25, -0.2) is 9.78 Å². The molecule has 0 unspecified atom stereocenters. The molecule has 3 rings (SSSR count). The van der Waals surface area contributed by atoms with Gasteiger partial charge in [0.2, 0.25) is 0 Å². The van der Waals surface area contributed by atoms with Crippen molar-refractivity contribution in [3.05, 3.63) is 29.7 Å². The molecule has 0 aliphatic heterocycles. The van der Waals surface area contributed by atoms with Crippen molar-refractivity contribution >= 4 is 17.0 Å². The number of aromatic nitrogens is 5. The minimum atomic E-state index is -0.987. The lowest BCUT2D eigenvalue weighted by Gasteiger charge is -2.03. The summed E-state index contributed by atoms with van der Waals surface area (Å²) in [5.74, 6) is -0.987.